The molecule has 10 nitrogen and oxygen atoms in total. The zero-order chi connectivity index (χ0) is 27.1. The van der Waals surface area contributed by atoms with Gasteiger partial charge in [0.05, 0.1) is 16.6 Å². The van der Waals surface area contributed by atoms with Crippen LogP contribution >= 0.6 is 11.6 Å². The number of hydrogen-bond acceptors (Lipinski definition) is 8. The van der Waals surface area contributed by atoms with E-state index in [0.29, 0.717) is 11.6 Å². The molecule has 0 spiro atoms. The van der Waals surface area contributed by atoms with Gasteiger partial charge in [0, 0.05) is 6.54 Å². The number of aliphatic hydroxyl groups excluding tert-OH is 1. The first kappa shape index (κ1) is 26.2. The van der Waals surface area contributed by atoms with Crippen LogP contribution in [0.5, 0.6) is 17.5 Å². The quantitative estimate of drug-likeness (QED) is 0.347. The summed E-state index contributed by atoms with van der Waals surface area (Å²) in [5.41, 5.74) is -0.927. The third kappa shape index (κ3) is 4.79. The van der Waals surface area contributed by atoms with Crippen molar-refractivity contribution < 1.29 is 36.5 Å². The number of benzene rings is 1. The number of aromatic nitrogens is 6. The molecule has 0 saturated carbocycles. The fraction of sp³-hybridized carbons (Fsp3) is 0.286. The number of nitrogens with zero attached hydrogens (tertiary/aromatic N) is 6. The first-order valence-corrected chi connectivity index (χ1v) is 10.9. The van der Waals surface area contributed by atoms with Crippen LogP contribution < -0.4 is 15.2 Å². The molecule has 16 heteroatoms. The highest BCUT2D eigenvalue weighted by atomic mass is 35.5. The molecule has 0 amide bonds. The first-order chi connectivity index (χ1) is 17.5. The summed E-state index contributed by atoms with van der Waals surface area (Å²) >= 11 is 5.96. The second kappa shape index (κ2) is 9.89. The van der Waals surface area contributed by atoms with Gasteiger partial charge in [-0.1, -0.05) is 17.7 Å². The number of hydrogen-bond donors (Lipinski definition) is 1. The van der Waals surface area contributed by atoms with E-state index < -0.39 is 70.3 Å². The minimum absolute atomic E-state index is 0.0469. The van der Waals surface area contributed by atoms with Crippen LogP contribution in [-0.2, 0) is 13.2 Å². The number of fused-ring (bicyclic) bond motifs is 1. The maximum absolute atomic E-state index is 15.7. The molecule has 0 radical (unpaired) electrons. The Morgan fingerprint density at radius 2 is 1.95 bits per heavy atom. The van der Waals surface area contributed by atoms with Crippen LogP contribution in [0, 0.1) is 11.6 Å². The van der Waals surface area contributed by atoms with Gasteiger partial charge in [0.2, 0.25) is 5.88 Å². The molecule has 0 bridgehead atoms. The van der Waals surface area contributed by atoms with Crippen LogP contribution in [-0.4, -0.2) is 46.9 Å². The van der Waals surface area contributed by atoms with Crippen molar-refractivity contribution in [2.24, 2.45) is 0 Å². The van der Waals surface area contributed by atoms with Gasteiger partial charge >= 0.3 is 11.9 Å². The SMILES string of the molecule is CCn1c(CO)nn(-c2nc(O[C@@H](C)C(F)(F)F)c3c(Oc4c(F)cccc4Cl)nncc3c2F)c1=O. The molecule has 0 fully saturated rings. The van der Waals surface area contributed by atoms with Gasteiger partial charge < -0.3 is 14.6 Å². The molecule has 1 N–H and O–H groups in total. The summed E-state index contributed by atoms with van der Waals surface area (Å²) < 4.78 is 81.9. The van der Waals surface area contributed by atoms with Crippen LogP contribution in [0.1, 0.15) is 19.7 Å². The Morgan fingerprint density at radius 1 is 1.22 bits per heavy atom. The Kier molecular flexibility index (Phi) is 7.01. The van der Waals surface area contributed by atoms with Crippen LogP contribution in [0.15, 0.2) is 29.2 Å². The van der Waals surface area contributed by atoms with E-state index in [4.69, 9.17) is 21.1 Å². The fourth-order valence-electron chi connectivity index (χ4n) is 3.28. The van der Waals surface area contributed by atoms with Crippen molar-refractivity contribution in [1.29, 1.82) is 0 Å². The monoisotopic (exact) mass is 546 g/mol. The normalized spacial score (nSPS) is 12.7. The zero-order valence-electron chi connectivity index (χ0n) is 18.9. The lowest BCUT2D eigenvalue weighted by atomic mass is 10.2. The number of aliphatic hydroxyl groups is 1. The standard InChI is InChI=1S/C21H16ClF5N6O4/c1-3-32-13(8-34)31-33(20(32)35)17-15(24)10-7-28-30-19(37-16-11(22)5-4-6-12(16)23)14(10)18(29-17)36-9(2)21(25,26)27/h4-7,9,34H,3,8H2,1-2H3/t9-/m0/s1. The smallest absolute Gasteiger partial charge is 0.425 e. The lowest BCUT2D eigenvalue weighted by Gasteiger charge is -2.19. The summed E-state index contributed by atoms with van der Waals surface area (Å²) in [6.45, 7) is 1.59. The first-order valence-electron chi connectivity index (χ1n) is 10.5. The summed E-state index contributed by atoms with van der Waals surface area (Å²) in [4.78, 5) is 16.5. The predicted octanol–water partition coefficient (Wildman–Crippen LogP) is 3.94. The second-order valence-electron chi connectivity index (χ2n) is 7.46. The lowest BCUT2D eigenvalue weighted by Crippen LogP contribution is -2.32. The number of pyridine rings is 1. The number of halogens is 6. The van der Waals surface area contributed by atoms with E-state index in [1.165, 1.54) is 12.1 Å². The van der Waals surface area contributed by atoms with Crippen molar-refractivity contribution in [3.05, 3.63) is 57.4 Å². The average molecular weight is 547 g/mol. The van der Waals surface area contributed by atoms with Crippen molar-refractivity contribution >= 4 is 22.4 Å². The zero-order valence-corrected chi connectivity index (χ0v) is 19.7. The van der Waals surface area contributed by atoms with Gasteiger partial charge in [0.25, 0.3) is 5.88 Å². The summed E-state index contributed by atoms with van der Waals surface area (Å²) in [5, 5.41) is 19.2. The van der Waals surface area contributed by atoms with E-state index >= 15 is 4.39 Å². The molecule has 3 heterocycles. The Labute approximate surface area is 208 Å². The minimum Gasteiger partial charge on any atom is -0.464 e. The molecule has 37 heavy (non-hydrogen) atoms. The molecule has 196 valence electrons. The van der Waals surface area contributed by atoms with Gasteiger partial charge in [-0.15, -0.1) is 10.2 Å². The fourth-order valence-corrected chi connectivity index (χ4v) is 3.48. The van der Waals surface area contributed by atoms with Gasteiger partial charge in [-0.05, 0) is 26.0 Å². The average Bonchev–Trinajstić information content (AvgIpc) is 3.17. The summed E-state index contributed by atoms with van der Waals surface area (Å²) in [6, 6.07) is 3.54. The van der Waals surface area contributed by atoms with Crippen molar-refractivity contribution in [3.63, 3.8) is 0 Å². The highest BCUT2D eigenvalue weighted by Gasteiger charge is 2.39. The van der Waals surface area contributed by atoms with E-state index in [9.17, 15) is 27.5 Å². The topological polar surface area (TPSA) is 117 Å². The Bertz CT molecular complexity index is 1520. The molecule has 3 aromatic heterocycles. The van der Waals surface area contributed by atoms with E-state index in [2.05, 4.69) is 20.3 Å². The lowest BCUT2D eigenvalue weighted by molar-refractivity contribution is -0.189. The van der Waals surface area contributed by atoms with E-state index in [1.54, 1.807) is 6.92 Å². The number of alkyl halides is 3. The third-order valence-corrected chi connectivity index (χ3v) is 5.43. The molecular formula is C21H16ClF5N6O4. The summed E-state index contributed by atoms with van der Waals surface area (Å²) in [6.07, 6.45) is -6.51. The number of ether oxygens (including phenoxy) is 2. The second-order valence-corrected chi connectivity index (χ2v) is 7.87. The van der Waals surface area contributed by atoms with Gasteiger partial charge in [-0.2, -0.15) is 27.9 Å². The molecule has 0 aliphatic heterocycles. The van der Waals surface area contributed by atoms with Crippen LogP contribution in [0.4, 0.5) is 22.0 Å². The van der Waals surface area contributed by atoms with E-state index in [1.807, 2.05) is 0 Å². The summed E-state index contributed by atoms with van der Waals surface area (Å²) in [7, 11) is 0. The molecule has 0 saturated heterocycles. The van der Waals surface area contributed by atoms with E-state index in [-0.39, 0.29) is 17.4 Å². The molecule has 0 aliphatic carbocycles. The maximum atomic E-state index is 15.7. The van der Waals surface area contributed by atoms with Gasteiger partial charge in [0.1, 0.15) is 12.0 Å². The van der Waals surface area contributed by atoms with Crippen molar-refractivity contribution in [3.8, 4) is 23.3 Å². The molecule has 1 aromatic carbocycles. The van der Waals surface area contributed by atoms with Crippen molar-refractivity contribution in [1.82, 2.24) is 29.5 Å². The van der Waals surface area contributed by atoms with Crippen LogP contribution in [0.2, 0.25) is 5.02 Å². The molecular weight excluding hydrogens is 531 g/mol. The van der Waals surface area contributed by atoms with Crippen molar-refractivity contribution in [2.45, 2.75) is 39.3 Å². The Balaban J connectivity index is 2.01. The van der Waals surface area contributed by atoms with E-state index in [0.717, 1.165) is 16.8 Å². The highest BCUT2D eigenvalue weighted by molar-refractivity contribution is 6.32. The number of rotatable bonds is 7. The molecule has 0 aliphatic rings. The number of para-hydroxylation sites is 1. The Hall–Kier alpha value is -3.85. The highest BCUT2D eigenvalue weighted by Crippen LogP contribution is 2.40. The molecule has 4 aromatic rings. The molecule has 4 rings (SSSR count). The molecule has 0 unspecified atom stereocenters. The van der Waals surface area contributed by atoms with Gasteiger partial charge in [0.15, 0.2) is 35.1 Å². The van der Waals surface area contributed by atoms with Gasteiger partial charge in [-0.3, -0.25) is 4.57 Å². The summed E-state index contributed by atoms with van der Waals surface area (Å²) in [5.74, 6) is -5.29. The third-order valence-electron chi connectivity index (χ3n) is 5.14. The maximum Gasteiger partial charge on any atom is 0.425 e. The van der Waals surface area contributed by atoms with Gasteiger partial charge in [-0.25, -0.2) is 13.6 Å². The Morgan fingerprint density at radius 3 is 2.54 bits per heavy atom. The predicted molar refractivity (Wildman–Crippen MR) is 118 cm³/mol. The molecule has 1 atom stereocenters. The minimum atomic E-state index is -4.87. The van der Waals surface area contributed by atoms with Crippen LogP contribution in [0.25, 0.3) is 16.6 Å². The van der Waals surface area contributed by atoms with Crippen LogP contribution in [0.3, 0.4) is 0 Å². The largest absolute Gasteiger partial charge is 0.464 e. The van der Waals surface area contributed by atoms with Crippen molar-refractivity contribution in [2.75, 3.05) is 0 Å².